The van der Waals surface area contributed by atoms with Gasteiger partial charge in [-0.3, -0.25) is 4.79 Å². The Bertz CT molecular complexity index is 1210. The van der Waals surface area contributed by atoms with Crippen molar-refractivity contribution in [3.05, 3.63) is 71.4 Å². The molecule has 0 bridgehead atoms. The maximum absolute atomic E-state index is 12.3. The van der Waals surface area contributed by atoms with E-state index in [0.29, 0.717) is 27.5 Å². The van der Waals surface area contributed by atoms with E-state index in [1.54, 1.807) is 19.2 Å². The lowest BCUT2D eigenvalue weighted by Crippen LogP contribution is -2.24. The molecule has 0 fully saturated rings. The first-order valence-corrected chi connectivity index (χ1v) is 11.0. The third kappa shape index (κ3) is 5.06. The fourth-order valence-corrected chi connectivity index (χ4v) is 3.73. The Morgan fingerprint density at radius 2 is 1.81 bits per heavy atom. The molecule has 0 atom stereocenters. The van der Waals surface area contributed by atoms with Crippen LogP contribution in [0, 0.1) is 0 Å². The Balaban J connectivity index is 1.30. The zero-order valence-electron chi connectivity index (χ0n) is 17.1. The molecule has 0 aliphatic heterocycles. The molecule has 2 aromatic heterocycles. The maximum Gasteiger partial charge on any atom is 0.230 e. The summed E-state index contributed by atoms with van der Waals surface area (Å²) in [6, 6.07) is 18.4. The number of hydrogen-bond acceptors (Lipinski definition) is 7. The second kappa shape index (κ2) is 9.80. The van der Waals surface area contributed by atoms with Crippen LogP contribution in [0.5, 0.6) is 5.75 Å². The number of aromatic nitrogens is 3. The molecular formula is C22H20ClN5O3S. The molecule has 2 heterocycles. The summed E-state index contributed by atoms with van der Waals surface area (Å²) in [7, 11) is 1.60. The number of nitrogens with zero attached hydrogens (tertiary/aromatic N) is 3. The van der Waals surface area contributed by atoms with Crippen molar-refractivity contribution in [2.75, 3.05) is 18.7 Å². The number of thioether (sulfide) groups is 1. The highest BCUT2D eigenvalue weighted by molar-refractivity contribution is 7.99. The summed E-state index contributed by atoms with van der Waals surface area (Å²) in [5.74, 6) is 8.68. The van der Waals surface area contributed by atoms with Crippen LogP contribution in [0.25, 0.3) is 22.7 Å². The zero-order valence-corrected chi connectivity index (χ0v) is 18.7. The number of furan rings is 1. The van der Waals surface area contributed by atoms with Crippen LogP contribution in [0.3, 0.4) is 0 Å². The minimum absolute atomic E-state index is 0.142. The monoisotopic (exact) mass is 469 g/mol. The highest BCUT2D eigenvalue weighted by atomic mass is 35.5. The molecule has 0 spiro atoms. The van der Waals surface area contributed by atoms with Gasteiger partial charge in [-0.05, 0) is 60.7 Å². The van der Waals surface area contributed by atoms with Crippen LogP contribution in [-0.2, 0) is 11.3 Å². The van der Waals surface area contributed by atoms with E-state index < -0.39 is 0 Å². The highest BCUT2D eigenvalue weighted by Gasteiger charge is 2.14. The molecule has 0 radical (unpaired) electrons. The van der Waals surface area contributed by atoms with Crippen molar-refractivity contribution in [2.45, 2.75) is 11.7 Å². The molecule has 0 unspecified atom stereocenters. The van der Waals surface area contributed by atoms with E-state index in [1.807, 2.05) is 48.5 Å². The van der Waals surface area contributed by atoms with Crippen molar-refractivity contribution in [3.8, 4) is 28.5 Å². The Kier molecular flexibility index (Phi) is 6.67. The van der Waals surface area contributed by atoms with Gasteiger partial charge in [-0.2, -0.15) is 0 Å². The average molecular weight is 470 g/mol. The summed E-state index contributed by atoms with van der Waals surface area (Å²) in [6.45, 7) is 0.277. The van der Waals surface area contributed by atoms with Crippen molar-refractivity contribution < 1.29 is 13.9 Å². The number of carbonyl (C=O) groups excluding carboxylic acids is 1. The molecule has 0 saturated heterocycles. The molecule has 0 aliphatic carbocycles. The van der Waals surface area contributed by atoms with Crippen LogP contribution in [0.4, 0.5) is 0 Å². The van der Waals surface area contributed by atoms with E-state index in [4.69, 9.17) is 26.6 Å². The van der Waals surface area contributed by atoms with Gasteiger partial charge in [0, 0.05) is 16.1 Å². The number of nitrogen functional groups attached to an aromatic ring is 1. The highest BCUT2D eigenvalue weighted by Crippen LogP contribution is 2.25. The van der Waals surface area contributed by atoms with Gasteiger partial charge in [0.2, 0.25) is 11.1 Å². The van der Waals surface area contributed by atoms with Crippen molar-refractivity contribution in [3.63, 3.8) is 0 Å². The topological polar surface area (TPSA) is 108 Å². The zero-order chi connectivity index (χ0) is 22.5. The Labute approximate surface area is 193 Å². The fraction of sp³-hybridized carbons (Fsp3) is 0.136. The number of ether oxygens (including phenoxy) is 1. The van der Waals surface area contributed by atoms with E-state index in [0.717, 1.165) is 16.9 Å². The first-order chi connectivity index (χ1) is 15.5. The van der Waals surface area contributed by atoms with E-state index in [-0.39, 0.29) is 18.2 Å². The number of rotatable bonds is 8. The number of hydrogen-bond donors (Lipinski definition) is 2. The second-order valence-electron chi connectivity index (χ2n) is 6.74. The summed E-state index contributed by atoms with van der Waals surface area (Å²) in [5.41, 5.74) is 1.71. The number of nitrogens with two attached hydrogens (primary N) is 1. The van der Waals surface area contributed by atoms with Crippen LogP contribution in [0.15, 0.2) is 70.2 Å². The molecule has 1 amide bonds. The average Bonchev–Trinajstić information content (AvgIpc) is 3.43. The summed E-state index contributed by atoms with van der Waals surface area (Å²) in [4.78, 5) is 12.3. The van der Waals surface area contributed by atoms with Crippen LogP contribution in [-0.4, -0.2) is 33.6 Å². The first kappa shape index (κ1) is 21.8. The molecule has 0 aliphatic rings. The van der Waals surface area contributed by atoms with E-state index in [9.17, 15) is 4.79 Å². The lowest BCUT2D eigenvalue weighted by Gasteiger charge is -2.05. The lowest BCUT2D eigenvalue weighted by molar-refractivity contribution is -0.118. The Hall–Kier alpha value is -3.43. The first-order valence-electron chi connectivity index (χ1n) is 9.62. The van der Waals surface area contributed by atoms with Gasteiger partial charge in [0.05, 0.1) is 19.4 Å². The van der Waals surface area contributed by atoms with Crippen molar-refractivity contribution >= 4 is 29.3 Å². The maximum atomic E-state index is 12.3. The summed E-state index contributed by atoms with van der Waals surface area (Å²) in [5, 5.41) is 12.1. The minimum Gasteiger partial charge on any atom is -0.497 e. The number of nitrogens with one attached hydrogen (secondary N) is 1. The summed E-state index contributed by atoms with van der Waals surface area (Å²) in [6.07, 6.45) is 0. The molecular weight excluding hydrogens is 450 g/mol. The summed E-state index contributed by atoms with van der Waals surface area (Å²) < 4.78 is 12.3. The van der Waals surface area contributed by atoms with Gasteiger partial charge in [0.25, 0.3) is 0 Å². The standard InChI is InChI=1S/C22H20ClN5O3S/c1-30-17-8-4-15(5-9-17)21-26-27-22(28(21)24)32-13-20(29)25-12-18-10-11-19(31-18)14-2-6-16(23)7-3-14/h2-11H,12-13,24H2,1H3,(H,25,29). The van der Waals surface area contributed by atoms with Gasteiger partial charge in [-0.25, -0.2) is 4.68 Å². The van der Waals surface area contributed by atoms with Gasteiger partial charge in [-0.15, -0.1) is 10.2 Å². The number of amides is 1. The van der Waals surface area contributed by atoms with Gasteiger partial charge < -0.3 is 20.3 Å². The molecule has 4 aromatic rings. The van der Waals surface area contributed by atoms with Crippen molar-refractivity contribution in [2.24, 2.45) is 0 Å². The molecule has 0 saturated carbocycles. The van der Waals surface area contributed by atoms with Crippen LogP contribution in [0.1, 0.15) is 5.76 Å². The van der Waals surface area contributed by atoms with Crippen LogP contribution >= 0.6 is 23.4 Å². The van der Waals surface area contributed by atoms with Gasteiger partial charge >= 0.3 is 0 Å². The van der Waals surface area contributed by atoms with Crippen LogP contribution in [0.2, 0.25) is 5.02 Å². The molecule has 32 heavy (non-hydrogen) atoms. The molecule has 4 rings (SSSR count). The van der Waals surface area contributed by atoms with Gasteiger partial charge in [0.1, 0.15) is 17.3 Å². The smallest absolute Gasteiger partial charge is 0.230 e. The molecule has 164 valence electrons. The second-order valence-corrected chi connectivity index (χ2v) is 8.12. The third-order valence-corrected chi connectivity index (χ3v) is 5.79. The number of benzene rings is 2. The van der Waals surface area contributed by atoms with E-state index in [2.05, 4.69) is 15.5 Å². The quantitative estimate of drug-likeness (QED) is 0.296. The molecule has 10 heteroatoms. The predicted octanol–water partition coefficient (Wildman–Crippen LogP) is 3.99. The van der Waals surface area contributed by atoms with E-state index in [1.165, 1.54) is 16.4 Å². The van der Waals surface area contributed by atoms with Crippen molar-refractivity contribution in [1.82, 2.24) is 20.2 Å². The third-order valence-electron chi connectivity index (χ3n) is 4.60. The van der Waals surface area contributed by atoms with E-state index >= 15 is 0 Å². The molecule has 2 aromatic carbocycles. The predicted molar refractivity (Wildman–Crippen MR) is 124 cm³/mol. The fourth-order valence-electron chi connectivity index (χ4n) is 2.92. The Morgan fingerprint density at radius 3 is 2.53 bits per heavy atom. The SMILES string of the molecule is COc1ccc(-c2nnc(SCC(=O)NCc3ccc(-c4ccc(Cl)cc4)o3)n2N)cc1. The number of carbonyl (C=O) groups is 1. The minimum atomic E-state index is -0.173. The normalized spacial score (nSPS) is 10.8. The Morgan fingerprint density at radius 1 is 1.09 bits per heavy atom. The number of halogens is 1. The largest absolute Gasteiger partial charge is 0.497 e. The lowest BCUT2D eigenvalue weighted by atomic mass is 10.2. The molecule has 8 nitrogen and oxygen atoms in total. The van der Waals surface area contributed by atoms with Crippen LogP contribution < -0.4 is 15.9 Å². The summed E-state index contributed by atoms with van der Waals surface area (Å²) >= 11 is 7.12. The van der Waals surface area contributed by atoms with Gasteiger partial charge in [0.15, 0.2) is 5.82 Å². The number of methoxy groups -OCH3 is 1. The van der Waals surface area contributed by atoms with Gasteiger partial charge in [-0.1, -0.05) is 23.4 Å². The van der Waals surface area contributed by atoms with Crippen molar-refractivity contribution in [1.29, 1.82) is 0 Å². The molecule has 3 N–H and O–H groups in total.